The van der Waals surface area contributed by atoms with Crippen molar-refractivity contribution < 1.29 is 29.0 Å². The van der Waals surface area contributed by atoms with Crippen molar-refractivity contribution in [1.82, 2.24) is 4.90 Å². The number of rotatable bonds is 7. The van der Waals surface area contributed by atoms with Crippen LogP contribution in [0.2, 0.25) is 0 Å². The third-order valence-corrected chi connectivity index (χ3v) is 4.72. The third-order valence-electron chi connectivity index (χ3n) is 3.81. The summed E-state index contributed by atoms with van der Waals surface area (Å²) in [6.07, 6.45) is 1.54. The van der Waals surface area contributed by atoms with E-state index in [-0.39, 0.29) is 17.2 Å². The number of Topliss-reactive ketones (excluding diaryl/α,β-unsaturated/α-hetero) is 1. The van der Waals surface area contributed by atoms with E-state index in [0.717, 1.165) is 16.7 Å². The molecule has 0 atom stereocenters. The van der Waals surface area contributed by atoms with Gasteiger partial charge >= 0.3 is 5.97 Å². The zero-order valence-electron chi connectivity index (χ0n) is 14.5. The minimum Gasteiger partial charge on any atom is -0.482 e. The topological polar surface area (TPSA) is 101 Å². The number of imide groups is 1. The van der Waals surface area contributed by atoms with Crippen LogP contribution >= 0.6 is 11.8 Å². The maximum Gasteiger partial charge on any atom is 0.341 e. The highest BCUT2D eigenvalue weighted by Crippen LogP contribution is 2.32. The molecule has 1 saturated heterocycles. The Labute approximate surface area is 164 Å². The van der Waals surface area contributed by atoms with E-state index < -0.39 is 23.7 Å². The lowest BCUT2D eigenvalue weighted by Gasteiger charge is -2.11. The second-order valence-electron chi connectivity index (χ2n) is 5.81. The Hall–Kier alpha value is -3.39. The van der Waals surface area contributed by atoms with Gasteiger partial charge in [-0.1, -0.05) is 42.5 Å². The molecule has 3 rings (SSSR count). The standard InChI is InChI=1S/C20H15NO6S/c22-16(14-4-2-1-3-5-14)11-21-19(25)17(28-20(21)26)10-13-6-8-15(9-7-13)27-12-18(23)24/h1-10H,11-12H2,(H,23,24)/b17-10+. The molecule has 1 N–H and O–H groups in total. The number of hydrogen-bond acceptors (Lipinski definition) is 6. The molecule has 2 aromatic rings. The zero-order chi connectivity index (χ0) is 20.1. The van der Waals surface area contributed by atoms with Crippen molar-refractivity contribution in [3.05, 3.63) is 70.6 Å². The number of carbonyl (C=O) groups excluding carboxylic acids is 3. The number of benzene rings is 2. The van der Waals surface area contributed by atoms with E-state index in [9.17, 15) is 19.2 Å². The number of thioether (sulfide) groups is 1. The average Bonchev–Trinajstić information content (AvgIpc) is 2.95. The van der Waals surface area contributed by atoms with Crippen LogP contribution in [0.3, 0.4) is 0 Å². The van der Waals surface area contributed by atoms with Crippen LogP contribution in [0, 0.1) is 0 Å². The van der Waals surface area contributed by atoms with Gasteiger partial charge in [0, 0.05) is 5.56 Å². The highest BCUT2D eigenvalue weighted by molar-refractivity contribution is 8.18. The van der Waals surface area contributed by atoms with E-state index >= 15 is 0 Å². The molecule has 2 amide bonds. The molecule has 142 valence electrons. The lowest BCUT2D eigenvalue weighted by atomic mass is 10.1. The Bertz CT molecular complexity index is 952. The summed E-state index contributed by atoms with van der Waals surface area (Å²) >= 11 is 0.770. The van der Waals surface area contributed by atoms with E-state index in [1.54, 1.807) is 60.7 Å². The molecule has 0 saturated carbocycles. The number of nitrogens with zero attached hydrogens (tertiary/aromatic N) is 1. The van der Waals surface area contributed by atoms with Crippen LogP contribution < -0.4 is 4.74 Å². The van der Waals surface area contributed by atoms with Crippen LogP contribution in [0.5, 0.6) is 5.75 Å². The van der Waals surface area contributed by atoms with Crippen molar-refractivity contribution in [2.75, 3.05) is 13.2 Å². The molecule has 1 heterocycles. The van der Waals surface area contributed by atoms with Crippen LogP contribution in [-0.2, 0) is 9.59 Å². The molecule has 7 nitrogen and oxygen atoms in total. The molecule has 2 aromatic carbocycles. The predicted molar refractivity (Wildman–Crippen MR) is 103 cm³/mol. The van der Waals surface area contributed by atoms with Gasteiger partial charge in [-0.25, -0.2) is 4.79 Å². The van der Waals surface area contributed by atoms with Crippen LogP contribution in [0.4, 0.5) is 4.79 Å². The number of carboxylic acid groups (broad SMARTS) is 1. The Morgan fingerprint density at radius 3 is 2.36 bits per heavy atom. The molecule has 0 aromatic heterocycles. The summed E-state index contributed by atoms with van der Waals surface area (Å²) in [6, 6.07) is 14.9. The number of carbonyl (C=O) groups is 4. The number of carboxylic acids is 1. The fourth-order valence-corrected chi connectivity index (χ4v) is 3.29. The maximum atomic E-state index is 12.5. The largest absolute Gasteiger partial charge is 0.482 e. The summed E-state index contributed by atoms with van der Waals surface area (Å²) in [5.41, 5.74) is 1.07. The second kappa shape index (κ2) is 8.53. The molecule has 0 spiro atoms. The van der Waals surface area contributed by atoms with Crippen molar-refractivity contribution in [3.63, 3.8) is 0 Å². The number of amides is 2. The van der Waals surface area contributed by atoms with E-state index in [1.807, 2.05) is 0 Å². The Morgan fingerprint density at radius 2 is 1.71 bits per heavy atom. The van der Waals surface area contributed by atoms with Crippen molar-refractivity contribution >= 4 is 40.7 Å². The zero-order valence-corrected chi connectivity index (χ0v) is 15.3. The Morgan fingerprint density at radius 1 is 1.04 bits per heavy atom. The Balaban J connectivity index is 1.68. The molecular weight excluding hydrogens is 382 g/mol. The van der Waals surface area contributed by atoms with Crippen LogP contribution in [0.25, 0.3) is 6.08 Å². The summed E-state index contributed by atoms with van der Waals surface area (Å²) in [5.74, 6) is -1.54. The van der Waals surface area contributed by atoms with E-state index in [4.69, 9.17) is 9.84 Å². The molecule has 28 heavy (non-hydrogen) atoms. The first kappa shape index (κ1) is 19.4. The third kappa shape index (κ3) is 4.66. The van der Waals surface area contributed by atoms with E-state index in [0.29, 0.717) is 16.9 Å². The number of aliphatic carboxylic acids is 1. The Kier molecular flexibility index (Phi) is 5.90. The van der Waals surface area contributed by atoms with Gasteiger partial charge < -0.3 is 9.84 Å². The molecule has 0 unspecified atom stereocenters. The molecule has 1 aliphatic rings. The van der Waals surface area contributed by atoms with Gasteiger partial charge in [0.15, 0.2) is 12.4 Å². The van der Waals surface area contributed by atoms with E-state index in [1.165, 1.54) is 0 Å². The van der Waals surface area contributed by atoms with Gasteiger partial charge in [0.1, 0.15) is 5.75 Å². The van der Waals surface area contributed by atoms with E-state index in [2.05, 4.69) is 0 Å². The fourth-order valence-electron chi connectivity index (χ4n) is 2.45. The van der Waals surface area contributed by atoms with Crippen LogP contribution in [-0.4, -0.2) is 46.1 Å². The van der Waals surface area contributed by atoms with Gasteiger partial charge in [0.2, 0.25) is 0 Å². The van der Waals surface area contributed by atoms with Crippen molar-refractivity contribution in [1.29, 1.82) is 0 Å². The lowest BCUT2D eigenvalue weighted by Crippen LogP contribution is -2.33. The van der Waals surface area contributed by atoms with Crippen LogP contribution in [0.1, 0.15) is 15.9 Å². The number of ether oxygens (including phenoxy) is 1. The first-order valence-electron chi connectivity index (χ1n) is 8.22. The molecule has 1 fully saturated rings. The maximum absolute atomic E-state index is 12.5. The molecule has 8 heteroatoms. The number of ketones is 1. The summed E-state index contributed by atoms with van der Waals surface area (Å²) in [6.45, 7) is -0.762. The molecule has 0 radical (unpaired) electrons. The smallest absolute Gasteiger partial charge is 0.341 e. The molecule has 1 aliphatic heterocycles. The van der Waals surface area contributed by atoms with Gasteiger partial charge in [-0.2, -0.15) is 0 Å². The van der Waals surface area contributed by atoms with Gasteiger partial charge in [0.05, 0.1) is 11.4 Å². The van der Waals surface area contributed by atoms with Crippen LogP contribution in [0.15, 0.2) is 59.5 Å². The highest BCUT2D eigenvalue weighted by atomic mass is 32.2. The fraction of sp³-hybridized carbons (Fsp3) is 0.100. The monoisotopic (exact) mass is 397 g/mol. The van der Waals surface area contributed by atoms with Gasteiger partial charge in [0.25, 0.3) is 11.1 Å². The minimum absolute atomic E-state index is 0.213. The second-order valence-corrected chi connectivity index (χ2v) is 6.80. The molecule has 0 aliphatic carbocycles. The molecule has 0 bridgehead atoms. The SMILES string of the molecule is O=C(O)COc1ccc(/C=C2/SC(=O)N(CC(=O)c3ccccc3)C2=O)cc1. The number of hydrogen-bond donors (Lipinski definition) is 1. The minimum atomic E-state index is -1.08. The van der Waals surface area contributed by atoms with Gasteiger partial charge in [-0.05, 0) is 35.5 Å². The average molecular weight is 397 g/mol. The quantitative estimate of drug-likeness (QED) is 0.566. The summed E-state index contributed by atoms with van der Waals surface area (Å²) in [5, 5.41) is 8.10. The van der Waals surface area contributed by atoms with Gasteiger partial charge in [-0.3, -0.25) is 19.3 Å². The molecular formula is C20H15NO6S. The van der Waals surface area contributed by atoms with Gasteiger partial charge in [-0.15, -0.1) is 0 Å². The predicted octanol–water partition coefficient (Wildman–Crippen LogP) is 3.07. The normalized spacial score (nSPS) is 15.1. The highest BCUT2D eigenvalue weighted by Gasteiger charge is 2.36. The lowest BCUT2D eigenvalue weighted by molar-refractivity contribution is -0.139. The summed E-state index contributed by atoms with van der Waals surface area (Å²) in [7, 11) is 0. The summed E-state index contributed by atoms with van der Waals surface area (Å²) < 4.78 is 5.04. The van der Waals surface area contributed by atoms with Crippen molar-refractivity contribution in [2.45, 2.75) is 0 Å². The summed E-state index contributed by atoms with van der Waals surface area (Å²) in [4.78, 5) is 48.6. The van der Waals surface area contributed by atoms with Crippen molar-refractivity contribution in [2.24, 2.45) is 0 Å². The first-order valence-corrected chi connectivity index (χ1v) is 9.04. The first-order chi connectivity index (χ1) is 13.4. The van der Waals surface area contributed by atoms with Crippen molar-refractivity contribution in [3.8, 4) is 5.75 Å².